The van der Waals surface area contributed by atoms with Crippen LogP contribution in [0.4, 0.5) is 11.4 Å². The number of rotatable bonds is 5. The lowest BCUT2D eigenvalue weighted by Crippen LogP contribution is -2.40. The van der Waals surface area contributed by atoms with Gasteiger partial charge in [-0.1, -0.05) is 72.0 Å². The normalized spacial score (nSPS) is 15.2. The van der Waals surface area contributed by atoms with E-state index in [1.165, 1.54) is 28.0 Å². The third-order valence-corrected chi connectivity index (χ3v) is 6.78. The summed E-state index contributed by atoms with van der Waals surface area (Å²) in [5.41, 5.74) is 2.44. The number of carbonyl (C=O) groups excluding carboxylic acids is 1. The minimum atomic E-state index is -0.682. The molecule has 0 fully saturated rings. The number of anilines is 1. The molecule has 0 saturated carbocycles. The van der Waals surface area contributed by atoms with Gasteiger partial charge in [0.2, 0.25) is 0 Å². The summed E-state index contributed by atoms with van der Waals surface area (Å²) in [5, 5.41) is 14.1. The molecule has 0 unspecified atom stereocenters. The molecule has 0 aliphatic carbocycles. The first kappa shape index (κ1) is 23.1. The molecule has 178 valence electrons. The van der Waals surface area contributed by atoms with Crippen LogP contribution in [0.2, 0.25) is 0 Å². The van der Waals surface area contributed by atoms with Crippen molar-refractivity contribution in [1.82, 2.24) is 4.57 Å². The Bertz CT molecular complexity index is 1690. The van der Waals surface area contributed by atoms with Crippen LogP contribution in [0.15, 0.2) is 106 Å². The Hall–Kier alpha value is -4.63. The van der Waals surface area contributed by atoms with Crippen LogP contribution in [0.25, 0.3) is 6.08 Å². The Morgan fingerprint density at radius 3 is 2.44 bits per heavy atom. The minimum Gasteiger partial charge on any atom is -0.322 e. The molecule has 3 aromatic carbocycles. The Morgan fingerprint density at radius 1 is 1.06 bits per heavy atom. The number of nitrogens with one attached hydrogen (secondary N) is 1. The van der Waals surface area contributed by atoms with Gasteiger partial charge in [-0.3, -0.25) is 24.3 Å². The van der Waals surface area contributed by atoms with Crippen LogP contribution < -0.4 is 20.2 Å². The van der Waals surface area contributed by atoms with Crippen molar-refractivity contribution in [3.63, 3.8) is 0 Å². The van der Waals surface area contributed by atoms with E-state index in [4.69, 9.17) is 0 Å². The van der Waals surface area contributed by atoms with Crippen LogP contribution >= 0.6 is 11.3 Å². The van der Waals surface area contributed by atoms with E-state index in [2.05, 4.69) is 10.3 Å². The predicted molar refractivity (Wildman–Crippen MR) is 138 cm³/mol. The SMILES string of the molecule is CC1=C(C(=O)Nc2ccccc2)[C@@H](c2ccccc2)n2c(s/c(=C/c3cccc([N+](=O)[O-])c3)c2=O)=N1. The number of fused-ring (bicyclic) bond motifs is 1. The Morgan fingerprint density at radius 2 is 1.75 bits per heavy atom. The van der Waals surface area contributed by atoms with Crippen molar-refractivity contribution in [3.8, 4) is 0 Å². The van der Waals surface area contributed by atoms with Crippen LogP contribution in [0.1, 0.15) is 24.1 Å². The van der Waals surface area contributed by atoms with Crippen molar-refractivity contribution in [2.24, 2.45) is 4.99 Å². The average Bonchev–Trinajstić information content (AvgIpc) is 3.18. The van der Waals surface area contributed by atoms with Gasteiger partial charge in [0.15, 0.2) is 4.80 Å². The first-order chi connectivity index (χ1) is 17.4. The number of hydrogen-bond acceptors (Lipinski definition) is 6. The van der Waals surface area contributed by atoms with E-state index in [1.807, 2.05) is 48.5 Å². The summed E-state index contributed by atoms with van der Waals surface area (Å²) in [7, 11) is 0. The number of allylic oxidation sites excluding steroid dienone is 1. The number of carbonyl (C=O) groups is 1. The molecule has 1 aliphatic heterocycles. The summed E-state index contributed by atoms with van der Waals surface area (Å²) in [4.78, 5) is 42.9. The lowest BCUT2D eigenvalue weighted by molar-refractivity contribution is -0.384. The maximum Gasteiger partial charge on any atom is 0.271 e. The highest BCUT2D eigenvalue weighted by molar-refractivity contribution is 7.07. The summed E-state index contributed by atoms with van der Waals surface area (Å²) in [6.45, 7) is 1.76. The lowest BCUT2D eigenvalue weighted by Gasteiger charge is -2.25. The standard InChI is InChI=1S/C27H20N4O4S/c1-17-23(25(32)29-20-12-6-3-7-13-20)24(19-10-4-2-5-11-19)30-26(33)22(36-27(30)28-17)16-18-9-8-14-21(15-18)31(34)35/h2-16,24H,1H3,(H,29,32)/b22-16+/t24-/m1/s1. The monoisotopic (exact) mass is 496 g/mol. The van der Waals surface area contributed by atoms with Crippen molar-refractivity contribution in [1.29, 1.82) is 0 Å². The van der Waals surface area contributed by atoms with E-state index in [9.17, 15) is 19.7 Å². The molecule has 9 heteroatoms. The molecule has 1 amide bonds. The average molecular weight is 497 g/mol. The van der Waals surface area contributed by atoms with Crippen LogP contribution in [-0.4, -0.2) is 15.4 Å². The topological polar surface area (TPSA) is 107 Å². The zero-order valence-electron chi connectivity index (χ0n) is 19.1. The van der Waals surface area contributed by atoms with Gasteiger partial charge >= 0.3 is 0 Å². The summed E-state index contributed by atoms with van der Waals surface area (Å²) in [6, 6.07) is 23.8. The first-order valence-electron chi connectivity index (χ1n) is 11.1. The number of aromatic nitrogens is 1. The summed E-state index contributed by atoms with van der Waals surface area (Å²) in [5.74, 6) is -0.343. The van der Waals surface area contributed by atoms with Gasteiger partial charge in [0.05, 0.1) is 26.8 Å². The van der Waals surface area contributed by atoms with Crippen LogP contribution in [0, 0.1) is 10.1 Å². The van der Waals surface area contributed by atoms with E-state index < -0.39 is 11.0 Å². The quantitative estimate of drug-likeness (QED) is 0.335. The second-order valence-electron chi connectivity index (χ2n) is 8.16. The maximum absolute atomic E-state index is 13.6. The highest BCUT2D eigenvalue weighted by Crippen LogP contribution is 2.30. The van der Waals surface area contributed by atoms with Crippen molar-refractivity contribution in [2.75, 3.05) is 5.32 Å². The zero-order chi connectivity index (χ0) is 25.2. The largest absolute Gasteiger partial charge is 0.322 e. The summed E-state index contributed by atoms with van der Waals surface area (Å²) in [6.07, 6.45) is 1.61. The van der Waals surface area contributed by atoms with E-state index >= 15 is 0 Å². The van der Waals surface area contributed by atoms with Gasteiger partial charge in [-0.25, -0.2) is 4.99 Å². The minimum absolute atomic E-state index is 0.0607. The zero-order valence-corrected chi connectivity index (χ0v) is 19.9. The van der Waals surface area contributed by atoms with E-state index in [0.29, 0.717) is 31.9 Å². The number of amides is 1. The molecule has 1 atom stereocenters. The molecule has 1 N–H and O–H groups in total. The lowest BCUT2D eigenvalue weighted by atomic mass is 9.95. The van der Waals surface area contributed by atoms with Crippen molar-refractivity contribution >= 4 is 34.7 Å². The summed E-state index contributed by atoms with van der Waals surface area (Å²) >= 11 is 1.18. The number of benzene rings is 3. The molecular weight excluding hydrogens is 476 g/mol. The van der Waals surface area contributed by atoms with Crippen molar-refractivity contribution < 1.29 is 9.72 Å². The Balaban J connectivity index is 1.66. The number of thiazole rings is 1. The summed E-state index contributed by atoms with van der Waals surface area (Å²) < 4.78 is 1.89. The molecule has 5 rings (SSSR count). The number of nitro groups is 1. The van der Waals surface area contributed by atoms with E-state index in [1.54, 1.807) is 37.3 Å². The molecule has 0 radical (unpaired) electrons. The van der Waals surface area contributed by atoms with Gasteiger partial charge in [0.1, 0.15) is 0 Å². The highest BCUT2D eigenvalue weighted by Gasteiger charge is 2.32. The molecule has 36 heavy (non-hydrogen) atoms. The predicted octanol–water partition coefficient (Wildman–Crippen LogP) is 3.78. The fraction of sp³-hybridized carbons (Fsp3) is 0.0741. The second-order valence-corrected chi connectivity index (χ2v) is 9.17. The molecule has 1 aromatic heterocycles. The van der Waals surface area contributed by atoms with E-state index in [0.717, 1.165) is 5.56 Å². The van der Waals surface area contributed by atoms with Gasteiger partial charge in [-0.2, -0.15) is 0 Å². The number of non-ortho nitro benzene ring substituents is 1. The number of nitro benzene ring substituents is 1. The molecule has 1 aliphatic rings. The van der Waals surface area contributed by atoms with Crippen molar-refractivity contribution in [2.45, 2.75) is 13.0 Å². The Labute approximate surface area is 209 Å². The van der Waals surface area contributed by atoms with Crippen LogP contribution in [-0.2, 0) is 4.79 Å². The van der Waals surface area contributed by atoms with Crippen LogP contribution in [0.5, 0.6) is 0 Å². The molecule has 0 spiro atoms. The highest BCUT2D eigenvalue weighted by atomic mass is 32.1. The van der Waals surface area contributed by atoms with Gasteiger partial charge < -0.3 is 5.32 Å². The Kier molecular flexibility index (Phi) is 6.14. The van der Waals surface area contributed by atoms with Gasteiger partial charge in [-0.15, -0.1) is 0 Å². The van der Waals surface area contributed by atoms with Gasteiger partial charge in [0.25, 0.3) is 17.2 Å². The fourth-order valence-corrected chi connectivity index (χ4v) is 5.21. The molecule has 2 heterocycles. The maximum atomic E-state index is 13.6. The van der Waals surface area contributed by atoms with Crippen molar-refractivity contribution in [3.05, 3.63) is 137 Å². The molecule has 0 bridgehead atoms. The third kappa shape index (κ3) is 4.39. The molecule has 8 nitrogen and oxygen atoms in total. The number of nitrogens with zero attached hydrogens (tertiary/aromatic N) is 3. The second kappa shape index (κ2) is 9.55. The number of para-hydroxylation sites is 1. The van der Waals surface area contributed by atoms with Gasteiger partial charge in [0, 0.05) is 17.8 Å². The van der Waals surface area contributed by atoms with Crippen LogP contribution in [0.3, 0.4) is 0 Å². The van der Waals surface area contributed by atoms with E-state index in [-0.39, 0.29) is 17.2 Å². The molecular formula is C27H20N4O4S. The first-order valence-corrected chi connectivity index (χ1v) is 11.9. The number of hydrogen-bond donors (Lipinski definition) is 1. The fourth-order valence-electron chi connectivity index (χ4n) is 4.16. The van der Waals surface area contributed by atoms with Gasteiger partial charge in [-0.05, 0) is 36.3 Å². The molecule has 4 aromatic rings. The third-order valence-electron chi connectivity index (χ3n) is 5.79. The smallest absolute Gasteiger partial charge is 0.271 e. The molecule has 0 saturated heterocycles.